The molecule has 0 saturated heterocycles. The van der Waals surface area contributed by atoms with Gasteiger partial charge in [0.05, 0.1) is 44.0 Å². The summed E-state index contributed by atoms with van der Waals surface area (Å²) in [6.07, 6.45) is 8.40. The topological polar surface area (TPSA) is 219 Å². The van der Waals surface area contributed by atoms with Gasteiger partial charge >= 0.3 is 0 Å². The minimum absolute atomic E-state index is 0.0228. The molecule has 10 aliphatic rings. The highest BCUT2D eigenvalue weighted by Crippen LogP contribution is 2.71. The number of carbonyl (C=O) groups is 3. The van der Waals surface area contributed by atoms with Gasteiger partial charge in [0.25, 0.3) is 0 Å². The number of fused-ring (bicyclic) bond motifs is 16. The fraction of sp³-hybridized carbons (Fsp3) is 0.571. The van der Waals surface area contributed by atoms with Crippen molar-refractivity contribution in [3.05, 3.63) is 106 Å². The first kappa shape index (κ1) is 54.4. The van der Waals surface area contributed by atoms with Crippen LogP contribution in [0.4, 0.5) is 4.39 Å². The lowest BCUT2D eigenvalue weighted by Gasteiger charge is -2.62. The molecular weight excluding hydrogens is 1000 g/mol. The molecule has 3 heterocycles. The van der Waals surface area contributed by atoms with Gasteiger partial charge in [-0.1, -0.05) is 45.1 Å². The number of aromatic hydroxyl groups is 1. The summed E-state index contributed by atoms with van der Waals surface area (Å²) < 4.78 is 45.9. The van der Waals surface area contributed by atoms with E-state index in [1.807, 2.05) is 25.1 Å². The molecule has 6 N–H and O–H groups in total. The molecule has 0 spiro atoms. The van der Waals surface area contributed by atoms with Crippen LogP contribution in [0.2, 0.25) is 0 Å². The lowest BCUT2D eigenvalue weighted by molar-refractivity contribution is -0.219. The van der Waals surface area contributed by atoms with Crippen LogP contribution in [-0.4, -0.2) is 117 Å². The summed E-state index contributed by atoms with van der Waals surface area (Å²) >= 11 is 0. The Morgan fingerprint density at radius 1 is 0.897 bits per heavy atom. The molecule has 0 aromatic heterocycles. The number of phenols is 1. The van der Waals surface area contributed by atoms with E-state index >= 15 is 4.39 Å². The summed E-state index contributed by atoms with van der Waals surface area (Å²) in [4.78, 5) is 37.9. The Morgan fingerprint density at radius 3 is 2.36 bits per heavy atom. The first-order valence-electron chi connectivity index (χ1n) is 27.9. The SMILES string of the molecule is C=C(C)[C@H]1Cc2c(ccc3c2O[C@@H]2COc4cc(OC)c(OC)cc4[C@@H]2C3=O)O1.C[C@@H]1C[C@H]2[C@@H]3CCC4=CC(=O)C=C[C@]4(C)[C@@]3(F)[C@@H](O)C[C@]2(C)[C@@]1(O)C(=O)CO.C[C@]12CC[C@@H]3c4ccc(O)cc4CC[C@H]3[C@@H]1C[C@@H](O)[C@@H]2O. The van der Waals surface area contributed by atoms with E-state index in [0.717, 1.165) is 54.6 Å². The van der Waals surface area contributed by atoms with E-state index in [-0.39, 0.29) is 42.0 Å². The van der Waals surface area contributed by atoms with Crippen LogP contribution in [0.25, 0.3) is 0 Å². The van der Waals surface area contributed by atoms with Crippen LogP contribution in [0.15, 0.2) is 78.4 Å². The minimum atomic E-state index is -1.98. The lowest BCUT2D eigenvalue weighted by atomic mass is 9.44. The zero-order chi connectivity index (χ0) is 55.8. The third kappa shape index (κ3) is 7.81. The summed E-state index contributed by atoms with van der Waals surface area (Å²) in [7, 11) is 3.14. The van der Waals surface area contributed by atoms with E-state index < -0.39 is 76.7 Å². The Bertz CT molecular complexity index is 3040. The van der Waals surface area contributed by atoms with E-state index in [9.17, 15) is 45.0 Å². The number of aliphatic hydroxyl groups is 5. The number of ether oxygens (including phenoxy) is 5. The van der Waals surface area contributed by atoms with Crippen LogP contribution in [0.3, 0.4) is 0 Å². The molecule has 3 aromatic rings. The van der Waals surface area contributed by atoms with Gasteiger partial charge in [-0.05, 0) is 166 Å². The number of rotatable bonds is 5. The molecule has 5 fully saturated rings. The van der Waals surface area contributed by atoms with E-state index in [2.05, 4.69) is 19.6 Å². The number of aliphatic hydroxyl groups excluding tert-OH is 4. The van der Waals surface area contributed by atoms with Gasteiger partial charge in [0, 0.05) is 40.4 Å². The Morgan fingerprint density at radius 2 is 1.64 bits per heavy atom. The number of allylic oxidation sites excluding steroid dienone is 4. The standard InChI is InChI=1S/C23H22O6.C22H29FO5.C18H24O3/c1-11(2)16-8-14-15(28-16)6-5-12-22(24)21-13-7-18(25-3)19(26-4)9-17(13)27-10-20(21)29-23(12)14;1-12-8-16-15-5-4-13-9-14(25)6-7-19(13,2)21(15,23)17(26)10-20(16,3)22(12,28)18(27)11-24;1-18-7-6-13-12-5-3-11(19)8-10(12)2-4-14(13)15(18)9-16(20)17(18)21/h5-7,9,16,20-21H,1,8,10H2,2-4H3;6-7,9,12,15-17,24,26,28H,4-5,8,10-11H2,1-3H3;3,5,8,13-17,19-21H,2,4,6-7,9H2,1H3/t16-,20-,21+;12-,15+,16+,17+,19+,20+,21+,22+;13-,14-,15+,16-,17+,18+/m111/s1. The van der Waals surface area contributed by atoms with E-state index in [1.165, 1.54) is 23.3 Å². The molecule has 5 saturated carbocycles. The summed E-state index contributed by atoms with van der Waals surface area (Å²) in [5, 5.41) is 62.2. The highest BCUT2D eigenvalue weighted by Gasteiger charge is 2.75. The van der Waals surface area contributed by atoms with E-state index in [0.29, 0.717) is 83.3 Å². The number of hydrogen-bond donors (Lipinski definition) is 6. The second-order valence-electron chi connectivity index (χ2n) is 25.0. The number of aryl methyl sites for hydroxylation is 1. The van der Waals surface area contributed by atoms with Gasteiger partial charge in [0.2, 0.25) is 0 Å². The normalized spacial score (nSPS) is 39.6. The number of hydrogen-bond acceptors (Lipinski definition) is 14. The number of halogens is 1. The minimum Gasteiger partial charge on any atom is -0.508 e. The zero-order valence-corrected chi connectivity index (χ0v) is 45.7. The molecule has 0 amide bonds. The number of benzene rings is 3. The third-order valence-electron chi connectivity index (χ3n) is 21.3. The largest absolute Gasteiger partial charge is 0.508 e. The fourth-order valence-corrected chi connectivity index (χ4v) is 17.2. The second-order valence-corrected chi connectivity index (χ2v) is 25.0. The molecule has 0 unspecified atom stereocenters. The first-order chi connectivity index (χ1) is 37.0. The molecule has 15 heteroatoms. The summed E-state index contributed by atoms with van der Waals surface area (Å²) in [6.45, 7) is 12.9. The highest BCUT2D eigenvalue weighted by atomic mass is 19.1. The summed E-state index contributed by atoms with van der Waals surface area (Å²) in [6, 6.07) is 13.0. The lowest BCUT2D eigenvalue weighted by Crippen LogP contribution is -2.69. The van der Waals surface area contributed by atoms with Crippen LogP contribution in [-0.2, 0) is 22.4 Å². The van der Waals surface area contributed by atoms with Crippen molar-refractivity contribution in [1.29, 1.82) is 0 Å². The Balaban J connectivity index is 0.000000126. The van der Waals surface area contributed by atoms with Crippen LogP contribution < -0.4 is 23.7 Å². The maximum Gasteiger partial charge on any atom is 0.190 e. The number of methoxy groups -OCH3 is 2. The summed E-state index contributed by atoms with van der Waals surface area (Å²) in [5.74, 6) is 2.44. The van der Waals surface area contributed by atoms with Gasteiger partial charge < -0.3 is 54.3 Å². The molecule has 0 radical (unpaired) electrons. The molecule has 3 aromatic carbocycles. The van der Waals surface area contributed by atoms with Crippen molar-refractivity contribution in [2.45, 2.75) is 152 Å². The Labute approximate surface area is 455 Å². The summed E-state index contributed by atoms with van der Waals surface area (Å²) in [5.41, 5.74) is 0.615. The number of phenolic OH excluding ortho intramolecular Hbond substituents is 1. The number of ketones is 3. The third-order valence-corrected chi connectivity index (χ3v) is 21.3. The predicted molar refractivity (Wildman–Crippen MR) is 286 cm³/mol. The number of carbonyl (C=O) groups excluding carboxylic acids is 3. The van der Waals surface area contributed by atoms with Crippen LogP contribution in [0, 0.1) is 45.8 Å². The van der Waals surface area contributed by atoms with Crippen molar-refractivity contribution in [3.63, 3.8) is 0 Å². The first-order valence-corrected chi connectivity index (χ1v) is 27.9. The van der Waals surface area contributed by atoms with Crippen molar-refractivity contribution in [2.24, 2.45) is 45.8 Å². The van der Waals surface area contributed by atoms with Gasteiger partial charge in [-0.15, -0.1) is 0 Å². The number of alkyl halides is 1. The maximum atomic E-state index is 16.9. The predicted octanol–water partition coefficient (Wildman–Crippen LogP) is 8.18. The highest BCUT2D eigenvalue weighted by molar-refractivity contribution is 6.06. The van der Waals surface area contributed by atoms with E-state index in [1.54, 1.807) is 59.3 Å². The van der Waals surface area contributed by atoms with Gasteiger partial charge in [0.1, 0.15) is 54.0 Å². The average Bonchev–Trinajstić information content (AvgIpc) is 3.43. The molecule has 3 aliphatic heterocycles. The Hall–Kier alpha value is -5.58. The van der Waals surface area contributed by atoms with Gasteiger partial charge in [-0.3, -0.25) is 14.4 Å². The van der Waals surface area contributed by atoms with Gasteiger partial charge in [0.15, 0.2) is 34.5 Å². The van der Waals surface area contributed by atoms with Crippen molar-refractivity contribution < 1.29 is 73.1 Å². The fourth-order valence-electron chi connectivity index (χ4n) is 17.2. The monoisotopic (exact) mass is 1070 g/mol. The maximum absolute atomic E-state index is 16.9. The number of Topliss-reactive ketones (excluding diaryl/α,β-unsaturated/α-hetero) is 2. The van der Waals surface area contributed by atoms with Crippen molar-refractivity contribution in [1.82, 2.24) is 0 Å². The molecule has 0 bridgehead atoms. The molecule has 7 aliphatic carbocycles. The van der Waals surface area contributed by atoms with Gasteiger partial charge in [-0.2, -0.15) is 0 Å². The second kappa shape index (κ2) is 19.3. The quantitative estimate of drug-likeness (QED) is 0.133. The van der Waals surface area contributed by atoms with E-state index in [4.69, 9.17) is 23.7 Å². The molecule has 13 rings (SSSR count). The molecule has 418 valence electrons. The average molecular weight is 1080 g/mol. The van der Waals surface area contributed by atoms with Crippen LogP contribution in [0.5, 0.6) is 34.5 Å². The van der Waals surface area contributed by atoms with Crippen molar-refractivity contribution >= 4 is 17.3 Å². The molecule has 17 atom stereocenters. The van der Waals surface area contributed by atoms with Crippen molar-refractivity contribution in [3.8, 4) is 34.5 Å². The van der Waals surface area contributed by atoms with Crippen LogP contribution in [0.1, 0.15) is 130 Å². The smallest absolute Gasteiger partial charge is 0.190 e. The Kier molecular flexibility index (Phi) is 13.5. The molecule has 78 heavy (non-hydrogen) atoms. The molecule has 14 nitrogen and oxygen atoms in total. The van der Waals surface area contributed by atoms with Crippen LogP contribution >= 0.6 is 0 Å². The zero-order valence-electron chi connectivity index (χ0n) is 45.7. The molecular formula is C63H75FO14. The van der Waals surface area contributed by atoms with Crippen molar-refractivity contribution in [2.75, 3.05) is 27.4 Å². The van der Waals surface area contributed by atoms with Gasteiger partial charge in [-0.25, -0.2) is 4.39 Å².